The van der Waals surface area contributed by atoms with E-state index in [1.54, 1.807) is 19.3 Å². The highest BCUT2D eigenvalue weighted by Crippen LogP contribution is 2.40. The van der Waals surface area contributed by atoms with E-state index in [0.717, 1.165) is 96.3 Å². The molecule has 0 atom stereocenters. The molecule has 0 spiro atoms. The zero-order chi connectivity index (χ0) is 34.8. The molecule has 2 rings (SSSR count). The van der Waals surface area contributed by atoms with E-state index >= 15 is 0 Å². The van der Waals surface area contributed by atoms with Crippen molar-refractivity contribution in [2.75, 3.05) is 40.1 Å². The van der Waals surface area contributed by atoms with Crippen LogP contribution in [0.3, 0.4) is 0 Å². The smallest absolute Gasteiger partial charge is 0.193 e. The summed E-state index contributed by atoms with van der Waals surface area (Å²) < 4.78 is 37.0. The number of carbonyl (C=O) groups excluding carboxylic acids is 1. The van der Waals surface area contributed by atoms with E-state index in [4.69, 9.17) is 28.4 Å². The highest BCUT2D eigenvalue weighted by atomic mass is 16.5. The predicted molar refractivity (Wildman–Crippen MR) is 198 cm³/mol. The third-order valence-electron chi connectivity index (χ3n) is 8.04. The van der Waals surface area contributed by atoms with E-state index in [1.165, 1.54) is 0 Å². The van der Waals surface area contributed by atoms with Crippen molar-refractivity contribution >= 4 is 11.9 Å². The van der Waals surface area contributed by atoms with E-state index in [9.17, 15) is 4.79 Å². The Morgan fingerprint density at radius 3 is 1.52 bits per heavy atom. The summed E-state index contributed by atoms with van der Waals surface area (Å²) >= 11 is 0. The minimum absolute atomic E-state index is 0.227. The van der Waals surface area contributed by atoms with E-state index in [-0.39, 0.29) is 5.78 Å². The van der Waals surface area contributed by atoms with Crippen LogP contribution in [0, 0.1) is 0 Å². The second-order valence-electron chi connectivity index (χ2n) is 12.3. The molecule has 0 aromatic heterocycles. The number of unbranched alkanes of at least 4 members (excludes halogenated alkanes) is 10. The summed E-state index contributed by atoms with van der Waals surface area (Å²) in [4.78, 5) is 14.3. The number of ketones is 1. The lowest BCUT2D eigenvalue weighted by Gasteiger charge is -2.19. The molecule has 0 N–H and O–H groups in total. The van der Waals surface area contributed by atoms with Gasteiger partial charge in [-0.05, 0) is 62.5 Å². The lowest BCUT2D eigenvalue weighted by atomic mass is 10.0. The maximum Gasteiger partial charge on any atom is 0.193 e. The zero-order valence-electron chi connectivity index (χ0n) is 31.0. The number of hydrogen-bond acceptors (Lipinski definition) is 7. The highest BCUT2D eigenvalue weighted by molar-refractivity contribution is 6.11. The van der Waals surface area contributed by atoms with Crippen LogP contribution in [-0.4, -0.2) is 45.9 Å². The average Bonchev–Trinajstić information content (AvgIpc) is 3.10. The van der Waals surface area contributed by atoms with Gasteiger partial charge in [0.1, 0.15) is 17.1 Å². The number of methoxy groups -OCH3 is 1. The Labute approximate surface area is 291 Å². The number of hydrogen-bond donors (Lipinski definition) is 0. The van der Waals surface area contributed by atoms with Gasteiger partial charge in [-0.3, -0.25) is 4.79 Å². The molecule has 7 nitrogen and oxygen atoms in total. The molecule has 0 aliphatic carbocycles. The Balaban J connectivity index is 2.56. The molecule has 0 aliphatic heterocycles. The third kappa shape index (κ3) is 14.8. The summed E-state index contributed by atoms with van der Waals surface area (Å²) in [5.74, 6) is 3.16. The SMILES string of the molecule is CCCCCOc1cc(C=CC(=O)c2c(OCCCCC)ccc(OCCCCC)c2OCCCCC)c(OCCCCC)c(OC)c1. The quantitative estimate of drug-likeness (QED) is 0.0485. The molecule has 2 aromatic rings. The number of allylic oxidation sites excluding steroid dienone is 1. The Morgan fingerprint density at radius 1 is 0.542 bits per heavy atom. The van der Waals surface area contributed by atoms with Crippen molar-refractivity contribution in [3.63, 3.8) is 0 Å². The number of rotatable bonds is 29. The van der Waals surface area contributed by atoms with Gasteiger partial charge in [0.05, 0.1) is 40.1 Å². The molecule has 0 aliphatic rings. The Bertz CT molecular complexity index is 1190. The van der Waals surface area contributed by atoms with Crippen LogP contribution in [-0.2, 0) is 0 Å². The lowest BCUT2D eigenvalue weighted by Crippen LogP contribution is -2.10. The van der Waals surface area contributed by atoms with Crippen LogP contribution >= 0.6 is 0 Å². The largest absolute Gasteiger partial charge is 0.493 e. The Kier molecular flexibility index (Phi) is 21.8. The van der Waals surface area contributed by atoms with Gasteiger partial charge in [-0.15, -0.1) is 0 Å². The summed E-state index contributed by atoms with van der Waals surface area (Å²) in [5, 5.41) is 0. The fraction of sp³-hybridized carbons (Fsp3) is 0.634. The van der Waals surface area contributed by atoms with Gasteiger partial charge in [-0.25, -0.2) is 0 Å². The molecule has 48 heavy (non-hydrogen) atoms. The monoisotopic (exact) mass is 668 g/mol. The summed E-state index contributed by atoms with van der Waals surface area (Å²) in [6.07, 6.45) is 18.8. The highest BCUT2D eigenvalue weighted by Gasteiger charge is 2.23. The summed E-state index contributed by atoms with van der Waals surface area (Å²) in [7, 11) is 1.63. The van der Waals surface area contributed by atoms with Gasteiger partial charge in [-0.1, -0.05) is 98.8 Å². The van der Waals surface area contributed by atoms with Crippen LogP contribution in [0.25, 0.3) is 6.08 Å². The van der Waals surface area contributed by atoms with Crippen molar-refractivity contribution in [2.45, 2.75) is 131 Å². The van der Waals surface area contributed by atoms with Crippen molar-refractivity contribution in [3.8, 4) is 34.5 Å². The summed E-state index contributed by atoms with van der Waals surface area (Å²) in [6, 6.07) is 7.51. The molecule has 0 amide bonds. The first-order chi connectivity index (χ1) is 23.5. The maximum absolute atomic E-state index is 14.3. The third-order valence-corrected chi connectivity index (χ3v) is 8.04. The van der Waals surface area contributed by atoms with E-state index in [1.807, 2.05) is 24.3 Å². The van der Waals surface area contributed by atoms with Crippen LogP contribution in [0.5, 0.6) is 34.5 Å². The molecular weight excluding hydrogens is 604 g/mol. The molecule has 0 radical (unpaired) electrons. The fourth-order valence-corrected chi connectivity index (χ4v) is 5.18. The molecule has 0 saturated carbocycles. The number of benzene rings is 2. The van der Waals surface area contributed by atoms with Gasteiger partial charge in [0.25, 0.3) is 0 Å². The Morgan fingerprint density at radius 2 is 1.00 bits per heavy atom. The molecule has 7 heteroatoms. The minimum Gasteiger partial charge on any atom is -0.493 e. The first-order valence-electron chi connectivity index (χ1n) is 18.8. The van der Waals surface area contributed by atoms with Gasteiger partial charge in [0, 0.05) is 11.6 Å². The van der Waals surface area contributed by atoms with Crippen molar-refractivity contribution in [1.82, 2.24) is 0 Å². The topological polar surface area (TPSA) is 72.5 Å². The van der Waals surface area contributed by atoms with Crippen LogP contribution in [0.15, 0.2) is 30.3 Å². The predicted octanol–water partition coefficient (Wildman–Crippen LogP) is 11.4. The average molecular weight is 669 g/mol. The van der Waals surface area contributed by atoms with Crippen molar-refractivity contribution in [3.05, 3.63) is 41.5 Å². The molecule has 0 unspecified atom stereocenters. The summed E-state index contributed by atoms with van der Waals surface area (Å²) in [6.45, 7) is 13.6. The van der Waals surface area contributed by atoms with Gasteiger partial charge in [-0.2, -0.15) is 0 Å². The molecule has 0 bridgehead atoms. The fourth-order valence-electron chi connectivity index (χ4n) is 5.18. The molecule has 270 valence electrons. The van der Waals surface area contributed by atoms with Crippen LogP contribution < -0.4 is 28.4 Å². The van der Waals surface area contributed by atoms with Crippen molar-refractivity contribution in [2.24, 2.45) is 0 Å². The molecule has 0 saturated heterocycles. The maximum atomic E-state index is 14.3. The first kappa shape index (κ1) is 40.8. The standard InChI is InChI=1S/C41H64O7/c1-7-12-17-26-44-34-31-33(40(38(32-34)43-6)47-29-20-15-10-4)22-23-35(42)39-36(45-27-18-13-8-2)24-25-37(46-28-19-14-9-3)41(39)48-30-21-16-11-5/h22-25,31-32H,7-21,26-30H2,1-6H3. The van der Waals surface area contributed by atoms with Crippen LogP contribution in [0.4, 0.5) is 0 Å². The number of ether oxygens (including phenoxy) is 6. The molecule has 2 aromatic carbocycles. The van der Waals surface area contributed by atoms with Crippen LogP contribution in [0.1, 0.15) is 147 Å². The number of carbonyl (C=O) groups is 1. The van der Waals surface area contributed by atoms with Gasteiger partial charge in [0.15, 0.2) is 28.8 Å². The normalized spacial score (nSPS) is 11.1. The van der Waals surface area contributed by atoms with Gasteiger partial charge < -0.3 is 28.4 Å². The lowest BCUT2D eigenvalue weighted by molar-refractivity contribution is 0.103. The van der Waals surface area contributed by atoms with Gasteiger partial charge >= 0.3 is 0 Å². The van der Waals surface area contributed by atoms with Crippen LogP contribution in [0.2, 0.25) is 0 Å². The molecular formula is C41H64O7. The van der Waals surface area contributed by atoms with E-state index in [2.05, 4.69) is 34.6 Å². The zero-order valence-corrected chi connectivity index (χ0v) is 31.0. The van der Waals surface area contributed by atoms with Crippen molar-refractivity contribution in [1.29, 1.82) is 0 Å². The second-order valence-corrected chi connectivity index (χ2v) is 12.3. The molecule has 0 fully saturated rings. The first-order valence-corrected chi connectivity index (χ1v) is 18.8. The van der Waals surface area contributed by atoms with Crippen molar-refractivity contribution < 1.29 is 33.2 Å². The second kappa shape index (κ2) is 25.6. The Hall–Kier alpha value is -3.35. The van der Waals surface area contributed by atoms with Gasteiger partial charge in [0.2, 0.25) is 0 Å². The van der Waals surface area contributed by atoms with E-state index in [0.29, 0.717) is 78.7 Å². The van der Waals surface area contributed by atoms with E-state index < -0.39 is 0 Å². The summed E-state index contributed by atoms with van der Waals surface area (Å²) in [5.41, 5.74) is 1.10. The molecule has 0 heterocycles. The minimum atomic E-state index is -0.227.